The van der Waals surface area contributed by atoms with E-state index >= 15 is 0 Å². The molecule has 92 valence electrons. The van der Waals surface area contributed by atoms with Crippen LogP contribution in [0.4, 0.5) is 11.4 Å². The van der Waals surface area contributed by atoms with Crippen LogP contribution in [0.25, 0.3) is 0 Å². The number of primary sulfonamides is 1. The molecule has 0 radical (unpaired) electrons. The molecule has 4 N–H and O–H groups in total. The molecule has 1 atom stereocenters. The molecule has 1 unspecified atom stereocenters. The number of anilines is 2. The molecular formula is C10H13N3O3S. The molecule has 2 rings (SSSR count). The quantitative estimate of drug-likeness (QED) is 0.705. The second kappa shape index (κ2) is 4.01. The van der Waals surface area contributed by atoms with Crippen LogP contribution in [-0.2, 0) is 14.8 Å². The Morgan fingerprint density at radius 1 is 1.24 bits per heavy atom. The van der Waals surface area contributed by atoms with E-state index in [0.717, 1.165) is 0 Å². The van der Waals surface area contributed by atoms with Gasteiger partial charge in [0.05, 0.1) is 0 Å². The number of amides is 1. The van der Waals surface area contributed by atoms with Gasteiger partial charge >= 0.3 is 0 Å². The van der Waals surface area contributed by atoms with Crippen molar-refractivity contribution in [1.29, 1.82) is 0 Å². The van der Waals surface area contributed by atoms with E-state index in [2.05, 4.69) is 0 Å². The highest BCUT2D eigenvalue weighted by atomic mass is 32.2. The summed E-state index contributed by atoms with van der Waals surface area (Å²) in [4.78, 5) is 13.1. The fourth-order valence-corrected chi connectivity index (χ4v) is 2.53. The number of carbonyl (C=O) groups excluding carboxylic acids is 1. The van der Waals surface area contributed by atoms with Gasteiger partial charge in [-0.1, -0.05) is 0 Å². The van der Waals surface area contributed by atoms with Gasteiger partial charge in [-0.25, -0.2) is 13.6 Å². The van der Waals surface area contributed by atoms with E-state index in [1.807, 2.05) is 0 Å². The second-order valence-electron chi connectivity index (χ2n) is 4.01. The molecule has 0 saturated carbocycles. The van der Waals surface area contributed by atoms with Crippen LogP contribution in [0.1, 0.15) is 6.42 Å². The zero-order valence-electron chi connectivity index (χ0n) is 9.04. The van der Waals surface area contributed by atoms with E-state index in [1.165, 1.54) is 4.90 Å². The van der Waals surface area contributed by atoms with Gasteiger partial charge in [0, 0.05) is 24.3 Å². The Morgan fingerprint density at radius 2 is 1.82 bits per heavy atom. The smallest absolute Gasteiger partial charge is 0.228 e. The number of hydrogen-bond acceptors (Lipinski definition) is 4. The minimum atomic E-state index is -3.67. The molecule has 7 heteroatoms. The molecule has 1 fully saturated rings. The molecule has 6 nitrogen and oxygen atoms in total. The van der Waals surface area contributed by atoms with Crippen molar-refractivity contribution in [2.45, 2.75) is 11.7 Å². The fraction of sp³-hybridized carbons (Fsp3) is 0.300. The summed E-state index contributed by atoms with van der Waals surface area (Å²) in [5, 5.41) is 4.21. The number of sulfonamides is 1. The standard InChI is InChI=1S/C10H13N3O3S/c11-7-1-3-8(4-2-7)13-6-9(5-10(13)14)17(12,15)16/h1-4,9H,5-6,11H2,(H2,12,15,16). The monoisotopic (exact) mass is 255 g/mol. The van der Waals surface area contributed by atoms with Crippen LogP contribution in [0.2, 0.25) is 0 Å². The maximum Gasteiger partial charge on any atom is 0.228 e. The van der Waals surface area contributed by atoms with Crippen LogP contribution in [0, 0.1) is 0 Å². The molecule has 0 spiro atoms. The van der Waals surface area contributed by atoms with E-state index < -0.39 is 15.3 Å². The molecule has 1 aromatic carbocycles. The van der Waals surface area contributed by atoms with Gasteiger partial charge in [0.25, 0.3) is 0 Å². The summed E-state index contributed by atoms with van der Waals surface area (Å²) in [5.74, 6) is -0.242. The SMILES string of the molecule is Nc1ccc(N2CC(S(N)(=O)=O)CC2=O)cc1. The minimum Gasteiger partial charge on any atom is -0.399 e. The zero-order valence-corrected chi connectivity index (χ0v) is 9.85. The van der Waals surface area contributed by atoms with Crippen LogP contribution in [0.15, 0.2) is 24.3 Å². The molecule has 1 amide bonds. The van der Waals surface area contributed by atoms with Crippen molar-refractivity contribution >= 4 is 27.3 Å². The number of nitrogens with zero attached hydrogens (tertiary/aromatic N) is 1. The van der Waals surface area contributed by atoms with Crippen LogP contribution in [-0.4, -0.2) is 26.1 Å². The lowest BCUT2D eigenvalue weighted by molar-refractivity contribution is -0.117. The van der Waals surface area contributed by atoms with Crippen molar-refractivity contribution in [2.24, 2.45) is 5.14 Å². The summed E-state index contributed by atoms with van der Waals surface area (Å²) in [6.07, 6.45) is -0.0663. The Morgan fingerprint density at radius 3 is 2.29 bits per heavy atom. The van der Waals surface area contributed by atoms with Gasteiger partial charge in [0.1, 0.15) is 5.25 Å². The summed E-state index contributed by atoms with van der Waals surface area (Å²) in [6, 6.07) is 6.68. The molecule has 1 saturated heterocycles. The summed E-state index contributed by atoms with van der Waals surface area (Å²) in [6.45, 7) is 0.0988. The van der Waals surface area contributed by atoms with Crippen LogP contribution >= 0.6 is 0 Å². The Bertz CT molecular complexity index is 538. The van der Waals surface area contributed by atoms with Crippen LogP contribution < -0.4 is 15.8 Å². The Labute approximate surface area is 99.2 Å². The lowest BCUT2D eigenvalue weighted by Gasteiger charge is -2.16. The molecule has 0 aliphatic carbocycles. The third kappa shape index (κ3) is 2.40. The molecule has 17 heavy (non-hydrogen) atoms. The Hall–Kier alpha value is -1.60. The highest BCUT2D eigenvalue weighted by Gasteiger charge is 2.36. The predicted octanol–water partition coefficient (Wildman–Crippen LogP) is -0.337. The number of benzene rings is 1. The molecule has 1 aromatic rings. The predicted molar refractivity (Wildman–Crippen MR) is 64.7 cm³/mol. The third-order valence-corrected chi connectivity index (χ3v) is 4.00. The molecular weight excluding hydrogens is 242 g/mol. The van der Waals surface area contributed by atoms with E-state index in [0.29, 0.717) is 11.4 Å². The average Bonchev–Trinajstić information content (AvgIpc) is 2.61. The van der Waals surface area contributed by atoms with E-state index in [4.69, 9.17) is 10.9 Å². The lowest BCUT2D eigenvalue weighted by Crippen LogP contribution is -2.32. The van der Waals surface area contributed by atoms with Crippen LogP contribution in [0.3, 0.4) is 0 Å². The summed E-state index contributed by atoms with van der Waals surface area (Å²) in [5.41, 5.74) is 6.76. The van der Waals surface area contributed by atoms with E-state index in [1.54, 1.807) is 24.3 Å². The minimum absolute atomic E-state index is 0.0663. The van der Waals surface area contributed by atoms with Gasteiger partial charge in [-0.05, 0) is 24.3 Å². The molecule has 1 heterocycles. The fourth-order valence-electron chi connectivity index (χ4n) is 1.80. The van der Waals surface area contributed by atoms with Crippen molar-refractivity contribution in [1.82, 2.24) is 0 Å². The molecule has 0 aromatic heterocycles. The summed E-state index contributed by atoms with van der Waals surface area (Å²) < 4.78 is 22.4. The number of nitrogen functional groups attached to an aromatic ring is 1. The van der Waals surface area contributed by atoms with Gasteiger partial charge in [-0.15, -0.1) is 0 Å². The maximum atomic E-state index is 11.7. The molecule has 1 aliphatic heterocycles. The van der Waals surface area contributed by atoms with Crippen molar-refractivity contribution in [2.75, 3.05) is 17.2 Å². The van der Waals surface area contributed by atoms with E-state index in [-0.39, 0.29) is 18.9 Å². The molecule has 0 bridgehead atoms. The number of nitrogens with two attached hydrogens (primary N) is 2. The van der Waals surface area contributed by atoms with Crippen LogP contribution in [0.5, 0.6) is 0 Å². The highest BCUT2D eigenvalue weighted by Crippen LogP contribution is 2.24. The normalized spacial score (nSPS) is 20.9. The number of hydrogen-bond donors (Lipinski definition) is 2. The van der Waals surface area contributed by atoms with Gasteiger partial charge in [-0.2, -0.15) is 0 Å². The van der Waals surface area contributed by atoms with Crippen molar-refractivity contribution in [3.05, 3.63) is 24.3 Å². The highest BCUT2D eigenvalue weighted by molar-refractivity contribution is 7.89. The van der Waals surface area contributed by atoms with Gasteiger partial charge < -0.3 is 10.6 Å². The molecule has 1 aliphatic rings. The first kappa shape index (κ1) is 11.9. The van der Waals surface area contributed by atoms with Gasteiger partial charge in [0.2, 0.25) is 15.9 Å². The third-order valence-electron chi connectivity index (χ3n) is 2.76. The first-order valence-electron chi connectivity index (χ1n) is 5.05. The second-order valence-corrected chi connectivity index (χ2v) is 5.86. The largest absolute Gasteiger partial charge is 0.399 e. The Kier molecular flexibility index (Phi) is 2.80. The van der Waals surface area contributed by atoms with Crippen molar-refractivity contribution < 1.29 is 13.2 Å². The maximum absolute atomic E-state index is 11.7. The topological polar surface area (TPSA) is 106 Å². The first-order chi connectivity index (χ1) is 7.88. The summed E-state index contributed by atoms with van der Waals surface area (Å²) in [7, 11) is -3.67. The number of rotatable bonds is 2. The number of carbonyl (C=O) groups is 1. The Balaban J connectivity index is 2.24. The van der Waals surface area contributed by atoms with Gasteiger partial charge in [-0.3, -0.25) is 4.79 Å². The average molecular weight is 255 g/mol. The van der Waals surface area contributed by atoms with E-state index in [9.17, 15) is 13.2 Å². The van der Waals surface area contributed by atoms with Gasteiger partial charge in [0.15, 0.2) is 0 Å². The van der Waals surface area contributed by atoms with Crippen molar-refractivity contribution in [3.8, 4) is 0 Å². The lowest BCUT2D eigenvalue weighted by atomic mass is 10.2. The first-order valence-corrected chi connectivity index (χ1v) is 6.66. The van der Waals surface area contributed by atoms with Crippen molar-refractivity contribution in [3.63, 3.8) is 0 Å². The zero-order chi connectivity index (χ0) is 12.6. The summed E-state index contributed by atoms with van der Waals surface area (Å²) >= 11 is 0.